The maximum Gasteiger partial charge on any atom is 0.243 e. The summed E-state index contributed by atoms with van der Waals surface area (Å²) in [4.78, 5) is 2.85. The zero-order valence-corrected chi connectivity index (χ0v) is 23.5. The third-order valence-electron chi connectivity index (χ3n) is 7.68. The molecule has 39 heavy (non-hydrogen) atoms. The summed E-state index contributed by atoms with van der Waals surface area (Å²) in [6, 6.07) is 31.7. The third kappa shape index (κ3) is 7.07. The number of ether oxygens (including phenoxy) is 1. The average Bonchev–Trinajstić information content (AvgIpc) is 2.97. The molecule has 1 atom stereocenters. The van der Waals surface area contributed by atoms with Crippen molar-refractivity contribution in [3.8, 4) is 5.75 Å². The van der Waals surface area contributed by atoms with Gasteiger partial charge in [0.15, 0.2) is 0 Å². The number of fused-ring (bicyclic) bond motifs is 1. The van der Waals surface area contributed by atoms with Crippen LogP contribution in [-0.2, 0) is 23.2 Å². The van der Waals surface area contributed by atoms with Crippen LogP contribution < -0.4 is 4.74 Å². The molecule has 1 fully saturated rings. The van der Waals surface area contributed by atoms with Gasteiger partial charge in [0, 0.05) is 19.1 Å². The third-order valence-corrected chi connectivity index (χ3v) is 9.52. The van der Waals surface area contributed by atoms with Gasteiger partial charge in [0.1, 0.15) is 12.4 Å². The van der Waals surface area contributed by atoms with Crippen LogP contribution in [0.25, 0.3) is 10.8 Å². The van der Waals surface area contributed by atoms with Gasteiger partial charge in [-0.25, -0.2) is 8.42 Å². The number of benzene rings is 4. The highest BCUT2D eigenvalue weighted by atomic mass is 32.2. The Morgan fingerprint density at radius 3 is 2.36 bits per heavy atom. The van der Waals surface area contributed by atoms with E-state index in [4.69, 9.17) is 4.74 Å². The fourth-order valence-electron chi connectivity index (χ4n) is 5.34. The second-order valence-electron chi connectivity index (χ2n) is 10.5. The van der Waals surface area contributed by atoms with Gasteiger partial charge in [0.2, 0.25) is 10.0 Å². The quantitative estimate of drug-likeness (QED) is 0.207. The van der Waals surface area contributed by atoms with Crippen LogP contribution in [-0.4, -0.2) is 43.3 Å². The minimum Gasteiger partial charge on any atom is -0.489 e. The molecule has 1 aliphatic rings. The Kier molecular flexibility index (Phi) is 8.97. The molecule has 0 amide bonds. The molecule has 1 saturated heterocycles. The van der Waals surface area contributed by atoms with Crippen LogP contribution in [0.5, 0.6) is 5.75 Å². The van der Waals surface area contributed by atoms with E-state index in [9.17, 15) is 8.42 Å². The Hall–Kier alpha value is -3.19. The minimum atomic E-state index is -3.68. The summed E-state index contributed by atoms with van der Waals surface area (Å²) < 4.78 is 35.5. The first-order valence-corrected chi connectivity index (χ1v) is 15.4. The van der Waals surface area contributed by atoms with E-state index < -0.39 is 10.0 Å². The second-order valence-corrected chi connectivity index (χ2v) is 12.4. The Morgan fingerprint density at radius 1 is 0.846 bits per heavy atom. The van der Waals surface area contributed by atoms with E-state index >= 15 is 0 Å². The van der Waals surface area contributed by atoms with Crippen molar-refractivity contribution < 1.29 is 13.2 Å². The highest BCUT2D eigenvalue weighted by molar-refractivity contribution is 7.89. The summed E-state index contributed by atoms with van der Waals surface area (Å²) >= 11 is 0. The predicted octanol–water partition coefficient (Wildman–Crippen LogP) is 6.87. The molecule has 0 aliphatic carbocycles. The Morgan fingerprint density at radius 2 is 1.59 bits per heavy atom. The van der Waals surface area contributed by atoms with Gasteiger partial charge in [-0.2, -0.15) is 4.31 Å². The van der Waals surface area contributed by atoms with Crippen molar-refractivity contribution in [1.29, 1.82) is 0 Å². The summed E-state index contributed by atoms with van der Waals surface area (Å²) in [6.45, 7) is 5.59. The molecular weight excluding hydrogens is 504 g/mol. The van der Waals surface area contributed by atoms with E-state index in [1.807, 2.05) is 84.9 Å². The highest BCUT2D eigenvalue weighted by Gasteiger charge is 2.26. The van der Waals surface area contributed by atoms with Crippen molar-refractivity contribution >= 4 is 20.8 Å². The standard InChI is InChI=1S/C33H38N2O3S/c1-27-10-7-8-21-34(27)22-9-23-35(39(36,37)33-20-17-30-13-5-6-14-31(30)24-33)25-28-15-18-32(19-16-28)38-26-29-11-3-2-4-12-29/h2-6,11-20,24,27H,7-10,21-23,25-26H2,1H3. The lowest BCUT2D eigenvalue weighted by Crippen LogP contribution is -2.40. The molecule has 5 rings (SSSR count). The molecule has 0 spiro atoms. The molecule has 5 nitrogen and oxygen atoms in total. The molecule has 4 aromatic rings. The molecule has 0 N–H and O–H groups in total. The molecule has 0 radical (unpaired) electrons. The lowest BCUT2D eigenvalue weighted by Gasteiger charge is -2.34. The number of nitrogens with zero attached hydrogens (tertiary/aromatic N) is 2. The number of hydrogen-bond donors (Lipinski definition) is 0. The maximum atomic E-state index is 13.9. The van der Waals surface area contributed by atoms with Gasteiger partial charge in [-0.1, -0.05) is 79.2 Å². The van der Waals surface area contributed by atoms with Crippen LogP contribution in [0.15, 0.2) is 102 Å². The van der Waals surface area contributed by atoms with Gasteiger partial charge in [0.05, 0.1) is 4.90 Å². The molecular formula is C33H38N2O3S. The van der Waals surface area contributed by atoms with Crippen molar-refractivity contribution in [1.82, 2.24) is 9.21 Å². The number of rotatable bonds is 11. The van der Waals surface area contributed by atoms with Crippen molar-refractivity contribution in [2.75, 3.05) is 19.6 Å². The van der Waals surface area contributed by atoms with Gasteiger partial charge >= 0.3 is 0 Å². The lowest BCUT2D eigenvalue weighted by molar-refractivity contribution is 0.155. The minimum absolute atomic E-state index is 0.323. The summed E-state index contributed by atoms with van der Waals surface area (Å²) in [5, 5.41) is 1.97. The van der Waals surface area contributed by atoms with Crippen LogP contribution in [0.2, 0.25) is 0 Å². The second kappa shape index (κ2) is 12.8. The van der Waals surface area contributed by atoms with E-state index in [-0.39, 0.29) is 0 Å². The average molecular weight is 543 g/mol. The van der Waals surface area contributed by atoms with Crippen molar-refractivity contribution in [3.05, 3.63) is 108 Å². The van der Waals surface area contributed by atoms with Crippen molar-refractivity contribution in [3.63, 3.8) is 0 Å². The first-order chi connectivity index (χ1) is 19.0. The normalized spacial score (nSPS) is 16.5. The number of sulfonamides is 1. The predicted molar refractivity (Wildman–Crippen MR) is 158 cm³/mol. The SMILES string of the molecule is CC1CCCCN1CCCN(Cc1ccc(OCc2ccccc2)cc1)S(=O)(=O)c1ccc2ccccc2c1. The molecule has 204 valence electrons. The molecule has 0 aromatic heterocycles. The van der Waals surface area contributed by atoms with E-state index in [0.29, 0.717) is 30.6 Å². The lowest BCUT2D eigenvalue weighted by atomic mass is 10.0. The monoisotopic (exact) mass is 542 g/mol. The molecule has 1 unspecified atom stereocenters. The molecule has 0 bridgehead atoms. The van der Waals surface area contributed by atoms with Gasteiger partial charge < -0.3 is 9.64 Å². The van der Waals surface area contributed by atoms with E-state index in [2.05, 4.69) is 11.8 Å². The Labute approximate surface area is 233 Å². The summed E-state index contributed by atoms with van der Waals surface area (Å²) in [5.41, 5.74) is 2.05. The topological polar surface area (TPSA) is 49.9 Å². The number of piperidine rings is 1. The zero-order chi connectivity index (χ0) is 27.1. The Bertz CT molecular complexity index is 1460. The largest absolute Gasteiger partial charge is 0.489 e. The number of hydrogen-bond acceptors (Lipinski definition) is 4. The van der Waals surface area contributed by atoms with Crippen LogP contribution in [0.3, 0.4) is 0 Å². The van der Waals surface area contributed by atoms with Crippen molar-refractivity contribution in [2.45, 2.75) is 56.7 Å². The van der Waals surface area contributed by atoms with E-state index in [1.54, 1.807) is 16.4 Å². The fraction of sp³-hybridized carbons (Fsp3) is 0.333. The molecule has 6 heteroatoms. The van der Waals surface area contributed by atoms with Crippen LogP contribution >= 0.6 is 0 Å². The van der Waals surface area contributed by atoms with Crippen LogP contribution in [0.1, 0.15) is 43.7 Å². The number of likely N-dealkylation sites (tertiary alicyclic amines) is 1. The summed E-state index contributed by atoms with van der Waals surface area (Å²) in [5.74, 6) is 0.769. The van der Waals surface area contributed by atoms with Crippen molar-refractivity contribution in [2.24, 2.45) is 0 Å². The summed E-state index contributed by atoms with van der Waals surface area (Å²) in [6.07, 6.45) is 4.53. The van der Waals surface area contributed by atoms with Crippen LogP contribution in [0, 0.1) is 0 Å². The molecule has 4 aromatic carbocycles. The Balaban J connectivity index is 1.31. The first kappa shape index (κ1) is 27.4. The maximum absolute atomic E-state index is 13.9. The summed E-state index contributed by atoms with van der Waals surface area (Å²) in [7, 11) is -3.68. The van der Waals surface area contributed by atoms with E-state index in [0.717, 1.165) is 47.2 Å². The van der Waals surface area contributed by atoms with Crippen LogP contribution in [0.4, 0.5) is 0 Å². The van der Waals surface area contributed by atoms with Gasteiger partial charge in [-0.05, 0) is 85.4 Å². The van der Waals surface area contributed by atoms with Gasteiger partial charge in [-0.15, -0.1) is 0 Å². The van der Waals surface area contributed by atoms with Gasteiger partial charge in [-0.3, -0.25) is 0 Å². The smallest absolute Gasteiger partial charge is 0.243 e. The van der Waals surface area contributed by atoms with Gasteiger partial charge in [0.25, 0.3) is 0 Å². The van der Waals surface area contributed by atoms with E-state index in [1.165, 1.54) is 19.3 Å². The molecule has 0 saturated carbocycles. The molecule has 1 aliphatic heterocycles. The zero-order valence-electron chi connectivity index (χ0n) is 22.7. The fourth-order valence-corrected chi connectivity index (χ4v) is 6.84. The highest BCUT2D eigenvalue weighted by Crippen LogP contribution is 2.25. The molecule has 1 heterocycles. The first-order valence-electron chi connectivity index (χ1n) is 14.0.